The minimum absolute atomic E-state index is 0.0134. The molecule has 2 fully saturated rings. The van der Waals surface area contributed by atoms with Gasteiger partial charge in [0.25, 0.3) is 0 Å². The first-order valence-corrected chi connectivity index (χ1v) is 17.4. The predicted octanol–water partition coefficient (Wildman–Crippen LogP) is 9.79. The summed E-state index contributed by atoms with van der Waals surface area (Å²) >= 11 is 0. The average molecular weight is 695 g/mol. The Bertz CT molecular complexity index is 1990. The van der Waals surface area contributed by atoms with Gasteiger partial charge in [0.1, 0.15) is 12.2 Å². The third kappa shape index (κ3) is 5.01. The van der Waals surface area contributed by atoms with E-state index in [4.69, 9.17) is 18.5 Å². The Morgan fingerprint density at radius 1 is 0.460 bits per heavy atom. The molecule has 4 nitrogen and oxygen atoms in total. The molecule has 0 aromatic heterocycles. The Balaban J connectivity index is 1.53. The first-order valence-electron chi connectivity index (χ1n) is 16.2. The van der Waals surface area contributed by atoms with Gasteiger partial charge in [-0.2, -0.15) is 0 Å². The van der Waals surface area contributed by atoms with Crippen molar-refractivity contribution in [1.29, 1.82) is 0 Å². The second-order valence-corrected chi connectivity index (χ2v) is 14.2. The minimum atomic E-state index is -2.53. The smallest absolute Gasteiger partial charge is 0.208 e. The van der Waals surface area contributed by atoms with E-state index in [-0.39, 0.29) is 5.30 Å². The molecule has 6 aromatic carbocycles. The van der Waals surface area contributed by atoms with Crippen molar-refractivity contribution in [3.05, 3.63) is 185 Å². The first-order chi connectivity index (χ1) is 24.2. The van der Waals surface area contributed by atoms with Gasteiger partial charge in [0.15, 0.2) is 40.3 Å². The van der Waals surface area contributed by atoms with Gasteiger partial charge in [0.05, 0.1) is 0 Å². The molecular weight excluding hydrogens is 663 g/mol. The van der Waals surface area contributed by atoms with Gasteiger partial charge in [-0.25, -0.2) is 17.6 Å². The second kappa shape index (κ2) is 12.4. The highest BCUT2D eigenvalue weighted by atomic mass is 31.2. The van der Waals surface area contributed by atoms with E-state index in [1.165, 1.54) is 18.2 Å². The summed E-state index contributed by atoms with van der Waals surface area (Å²) in [5.74, 6) is -8.01. The monoisotopic (exact) mass is 694 g/mol. The van der Waals surface area contributed by atoms with Crippen molar-refractivity contribution in [3.8, 4) is 0 Å². The zero-order valence-corrected chi connectivity index (χ0v) is 27.9. The van der Waals surface area contributed by atoms with Crippen molar-refractivity contribution in [2.75, 3.05) is 0 Å². The largest absolute Gasteiger partial charge is 0.341 e. The molecule has 50 heavy (non-hydrogen) atoms. The summed E-state index contributed by atoms with van der Waals surface area (Å²) in [4.78, 5) is 0. The van der Waals surface area contributed by atoms with Gasteiger partial charge in [-0.1, -0.05) is 133 Å². The van der Waals surface area contributed by atoms with Crippen LogP contribution < -0.4 is 5.30 Å². The highest BCUT2D eigenvalue weighted by Gasteiger charge is 2.67. The van der Waals surface area contributed by atoms with E-state index in [0.29, 0.717) is 22.3 Å². The lowest BCUT2D eigenvalue weighted by Gasteiger charge is -2.41. The van der Waals surface area contributed by atoms with E-state index in [1.807, 2.05) is 135 Å². The van der Waals surface area contributed by atoms with Crippen LogP contribution in [-0.2, 0) is 29.7 Å². The van der Waals surface area contributed by atoms with Crippen LogP contribution in [0.3, 0.4) is 0 Å². The molecule has 0 bridgehead atoms. The third-order valence-electron chi connectivity index (χ3n) is 9.44. The lowest BCUT2D eigenvalue weighted by atomic mass is 9.72. The van der Waals surface area contributed by atoms with Crippen LogP contribution in [0.1, 0.15) is 36.1 Å². The predicted molar refractivity (Wildman–Crippen MR) is 184 cm³/mol. The number of rotatable bonds is 5. The Hall–Kier alpha value is -4.43. The number of ether oxygens (including phenoxy) is 2. The average Bonchev–Trinajstić information content (AvgIpc) is 3.44. The molecule has 2 aliphatic heterocycles. The molecule has 0 aliphatic carbocycles. The van der Waals surface area contributed by atoms with E-state index in [2.05, 4.69) is 0 Å². The number of hydrogen-bond donors (Lipinski definition) is 0. The van der Waals surface area contributed by atoms with Crippen LogP contribution in [0, 0.1) is 23.3 Å². The Kier molecular flexibility index (Phi) is 8.13. The highest BCUT2D eigenvalue weighted by molar-refractivity contribution is 7.56. The summed E-state index contributed by atoms with van der Waals surface area (Å²) in [7, 11) is -2.53. The van der Waals surface area contributed by atoms with Crippen molar-refractivity contribution in [2.24, 2.45) is 0 Å². The summed E-state index contributed by atoms with van der Waals surface area (Å²) in [5.41, 5.74) is -0.264. The summed E-state index contributed by atoms with van der Waals surface area (Å²) in [6.07, 6.45) is -1.83. The number of hydrogen-bond acceptors (Lipinski definition) is 4. The molecule has 0 saturated carbocycles. The third-order valence-corrected chi connectivity index (χ3v) is 11.1. The topological polar surface area (TPSA) is 36.9 Å². The number of benzene rings is 6. The SMILES string of the molecule is CC1(C)O[C@@H]2[C@@H](O1)C(c1ccccc1)(c1ccccc1)OP(c1cccc3c(F)c(F)c(F)c(F)c13)OC2(c1ccccc1)c1ccccc1. The summed E-state index contributed by atoms with van der Waals surface area (Å²) in [5, 5.41) is -0.907. The fourth-order valence-electron chi connectivity index (χ4n) is 7.31. The normalized spacial score (nSPS) is 21.1. The molecule has 6 aromatic rings. The van der Waals surface area contributed by atoms with Crippen molar-refractivity contribution in [1.82, 2.24) is 0 Å². The van der Waals surface area contributed by atoms with Crippen LogP contribution in [0.5, 0.6) is 0 Å². The van der Waals surface area contributed by atoms with Gasteiger partial charge in [-0.05, 0) is 42.2 Å². The summed E-state index contributed by atoms with van der Waals surface area (Å²) in [6.45, 7) is 3.65. The van der Waals surface area contributed by atoms with Crippen molar-refractivity contribution in [2.45, 2.75) is 43.0 Å². The van der Waals surface area contributed by atoms with Crippen LogP contribution in [-0.4, -0.2) is 18.0 Å². The number of halogens is 4. The van der Waals surface area contributed by atoms with E-state index >= 15 is 13.2 Å². The molecule has 8 rings (SSSR count). The molecule has 9 heteroatoms. The van der Waals surface area contributed by atoms with Crippen LogP contribution in [0.15, 0.2) is 140 Å². The van der Waals surface area contributed by atoms with Gasteiger partial charge in [0, 0.05) is 16.1 Å². The van der Waals surface area contributed by atoms with E-state index in [1.54, 1.807) is 0 Å². The van der Waals surface area contributed by atoms with Gasteiger partial charge >= 0.3 is 0 Å². The van der Waals surface area contributed by atoms with Crippen LogP contribution in [0.2, 0.25) is 0 Å². The zero-order chi connectivity index (χ0) is 34.7. The lowest BCUT2D eigenvalue weighted by molar-refractivity contribution is -0.173. The molecule has 2 aliphatic rings. The summed E-state index contributed by atoms with van der Waals surface area (Å²) in [6, 6.07) is 41.9. The van der Waals surface area contributed by atoms with Gasteiger partial charge < -0.3 is 18.5 Å². The molecular formula is C41H31F4O4P. The molecule has 252 valence electrons. The maximum atomic E-state index is 16.0. The van der Waals surface area contributed by atoms with Crippen LogP contribution in [0.25, 0.3) is 10.8 Å². The van der Waals surface area contributed by atoms with Gasteiger partial charge in [-0.15, -0.1) is 0 Å². The van der Waals surface area contributed by atoms with Crippen LogP contribution >= 0.6 is 8.38 Å². The molecule has 0 spiro atoms. The molecule has 0 amide bonds. The maximum Gasteiger partial charge on any atom is 0.208 e. The Labute approximate surface area is 288 Å². The minimum Gasteiger partial charge on any atom is -0.341 e. The van der Waals surface area contributed by atoms with E-state index in [0.717, 1.165) is 0 Å². The number of fused-ring (bicyclic) bond motifs is 2. The van der Waals surface area contributed by atoms with Crippen LogP contribution in [0.4, 0.5) is 17.6 Å². The van der Waals surface area contributed by atoms with E-state index < -0.39 is 71.6 Å². The van der Waals surface area contributed by atoms with E-state index in [9.17, 15) is 4.39 Å². The quantitative estimate of drug-likeness (QED) is 0.0780. The van der Waals surface area contributed by atoms with Crippen molar-refractivity contribution >= 4 is 24.5 Å². The highest BCUT2D eigenvalue weighted by Crippen LogP contribution is 2.64. The summed E-state index contributed by atoms with van der Waals surface area (Å²) < 4.78 is 89.8. The molecule has 2 saturated heterocycles. The molecule has 0 unspecified atom stereocenters. The molecule has 2 atom stereocenters. The van der Waals surface area contributed by atoms with Gasteiger partial charge in [0.2, 0.25) is 8.38 Å². The molecule has 0 N–H and O–H groups in total. The second-order valence-electron chi connectivity index (χ2n) is 12.8. The molecule has 2 heterocycles. The lowest BCUT2D eigenvalue weighted by Crippen LogP contribution is -2.53. The van der Waals surface area contributed by atoms with Crippen molar-refractivity contribution in [3.63, 3.8) is 0 Å². The fourth-order valence-corrected chi connectivity index (χ4v) is 9.30. The fraction of sp³-hybridized carbons (Fsp3) is 0.171. The Morgan fingerprint density at radius 2 is 0.840 bits per heavy atom. The first kappa shape index (κ1) is 32.8. The molecule has 0 radical (unpaired) electrons. The van der Waals surface area contributed by atoms with Gasteiger partial charge in [-0.3, -0.25) is 0 Å². The zero-order valence-electron chi connectivity index (χ0n) is 27.0. The standard InChI is InChI=1S/C41H31F4O4P/c1-39(2)46-37-38(47-39)41(28-20-11-5-12-21-28,29-22-13-6-14-23-29)49-50(31-25-15-24-30-32(31)34(43)36(45)35(44)33(30)42)48-40(37,26-16-7-3-8-17-26)27-18-9-4-10-19-27/h3-25,37-38H,1-2H3/t37-,38-/m1/s1. The van der Waals surface area contributed by atoms with Crippen molar-refractivity contribution < 1.29 is 36.1 Å². The maximum absolute atomic E-state index is 16.0. The Morgan fingerprint density at radius 3 is 1.24 bits per heavy atom.